The standard InChI is InChI=1S/C18H24N4O2/c1-13-9-15(14(2)22(13)5)11-19-20-18(23)12-24-17-8-6-7-16(10-17)21(3)4/h6-11H,12H2,1-5H3,(H,20,23)/b19-11+. The lowest BCUT2D eigenvalue weighted by Gasteiger charge is -2.13. The van der Waals surface area contributed by atoms with Crippen LogP contribution in [-0.4, -0.2) is 37.4 Å². The Hall–Kier alpha value is -2.76. The molecule has 1 amide bonds. The number of aryl methyl sites for hydroxylation is 1. The van der Waals surface area contributed by atoms with Crippen LogP contribution in [0.4, 0.5) is 5.69 Å². The van der Waals surface area contributed by atoms with Gasteiger partial charge in [-0.1, -0.05) is 6.07 Å². The molecule has 1 aromatic carbocycles. The van der Waals surface area contributed by atoms with E-state index in [-0.39, 0.29) is 12.5 Å². The first kappa shape index (κ1) is 17.6. The summed E-state index contributed by atoms with van der Waals surface area (Å²) in [5.74, 6) is 0.349. The van der Waals surface area contributed by atoms with Crippen LogP contribution in [0.1, 0.15) is 17.0 Å². The number of ether oxygens (including phenoxy) is 1. The summed E-state index contributed by atoms with van der Waals surface area (Å²) in [7, 11) is 5.90. The Bertz CT molecular complexity index is 747. The first-order valence-corrected chi connectivity index (χ1v) is 7.73. The van der Waals surface area contributed by atoms with Gasteiger partial charge in [0.05, 0.1) is 6.21 Å². The highest BCUT2D eigenvalue weighted by molar-refractivity contribution is 5.84. The van der Waals surface area contributed by atoms with Crippen LogP contribution in [0.25, 0.3) is 0 Å². The molecule has 1 heterocycles. The lowest BCUT2D eigenvalue weighted by molar-refractivity contribution is -0.123. The van der Waals surface area contributed by atoms with E-state index in [9.17, 15) is 4.79 Å². The van der Waals surface area contributed by atoms with Crippen LogP contribution in [0.3, 0.4) is 0 Å². The highest BCUT2D eigenvalue weighted by Crippen LogP contribution is 2.19. The maximum Gasteiger partial charge on any atom is 0.277 e. The smallest absolute Gasteiger partial charge is 0.277 e. The Morgan fingerprint density at radius 3 is 2.71 bits per heavy atom. The molecule has 128 valence electrons. The minimum Gasteiger partial charge on any atom is -0.484 e. The van der Waals surface area contributed by atoms with Crippen molar-refractivity contribution in [1.29, 1.82) is 0 Å². The molecule has 2 rings (SSSR count). The highest BCUT2D eigenvalue weighted by Gasteiger charge is 2.05. The fourth-order valence-corrected chi connectivity index (χ4v) is 2.22. The van der Waals surface area contributed by atoms with Crippen LogP contribution in [0.5, 0.6) is 5.75 Å². The lowest BCUT2D eigenvalue weighted by Crippen LogP contribution is -2.24. The Kier molecular flexibility index (Phi) is 5.63. The fraction of sp³-hybridized carbons (Fsp3) is 0.333. The van der Waals surface area contributed by atoms with Crippen molar-refractivity contribution >= 4 is 17.8 Å². The largest absolute Gasteiger partial charge is 0.484 e. The lowest BCUT2D eigenvalue weighted by atomic mass is 10.3. The normalized spacial score (nSPS) is 10.9. The van der Waals surface area contributed by atoms with Gasteiger partial charge in [0.25, 0.3) is 5.91 Å². The SMILES string of the molecule is Cc1cc(/C=N/NC(=O)COc2cccc(N(C)C)c2)c(C)n1C. The third-order valence-electron chi connectivity index (χ3n) is 3.91. The molecule has 1 N–H and O–H groups in total. The molecule has 0 saturated carbocycles. The predicted molar refractivity (Wildman–Crippen MR) is 96.9 cm³/mol. The summed E-state index contributed by atoms with van der Waals surface area (Å²) in [4.78, 5) is 13.8. The first-order chi connectivity index (χ1) is 11.4. The van der Waals surface area contributed by atoms with E-state index in [1.165, 1.54) is 0 Å². The zero-order valence-electron chi connectivity index (χ0n) is 14.8. The molecule has 0 aliphatic carbocycles. The number of nitrogens with one attached hydrogen (secondary N) is 1. The number of carbonyl (C=O) groups excluding carboxylic acids is 1. The summed E-state index contributed by atoms with van der Waals surface area (Å²) in [5.41, 5.74) is 6.72. The number of aromatic nitrogens is 1. The van der Waals surface area contributed by atoms with Gasteiger partial charge in [0, 0.05) is 49.8 Å². The molecule has 0 saturated heterocycles. The van der Waals surface area contributed by atoms with Gasteiger partial charge in [0.15, 0.2) is 6.61 Å². The number of hydrogen-bond acceptors (Lipinski definition) is 4. The van der Waals surface area contributed by atoms with E-state index in [0.29, 0.717) is 5.75 Å². The topological polar surface area (TPSA) is 58.9 Å². The van der Waals surface area contributed by atoms with E-state index >= 15 is 0 Å². The molecular formula is C18H24N4O2. The molecule has 6 heteroatoms. The number of hydrogen-bond donors (Lipinski definition) is 1. The summed E-state index contributed by atoms with van der Waals surface area (Å²) in [6, 6.07) is 9.59. The Balaban J connectivity index is 1.86. The van der Waals surface area contributed by atoms with Gasteiger partial charge >= 0.3 is 0 Å². The molecule has 2 aromatic rings. The summed E-state index contributed by atoms with van der Waals surface area (Å²) < 4.78 is 7.57. The van der Waals surface area contributed by atoms with Crippen molar-refractivity contribution in [2.24, 2.45) is 12.1 Å². The Labute approximate surface area is 142 Å². The van der Waals surface area contributed by atoms with E-state index in [4.69, 9.17) is 4.74 Å². The summed E-state index contributed by atoms with van der Waals surface area (Å²) in [6.07, 6.45) is 1.65. The molecule has 0 aliphatic heterocycles. The van der Waals surface area contributed by atoms with Crippen LogP contribution in [0, 0.1) is 13.8 Å². The number of benzene rings is 1. The molecule has 0 atom stereocenters. The van der Waals surface area contributed by atoms with Gasteiger partial charge in [-0.05, 0) is 32.0 Å². The second-order valence-electron chi connectivity index (χ2n) is 5.86. The van der Waals surface area contributed by atoms with Crippen molar-refractivity contribution in [2.45, 2.75) is 13.8 Å². The minimum atomic E-state index is -0.299. The molecule has 0 fully saturated rings. The van der Waals surface area contributed by atoms with Crippen LogP contribution >= 0.6 is 0 Å². The van der Waals surface area contributed by atoms with Crippen molar-refractivity contribution in [2.75, 3.05) is 25.6 Å². The van der Waals surface area contributed by atoms with E-state index in [1.807, 2.05) is 70.2 Å². The first-order valence-electron chi connectivity index (χ1n) is 7.73. The van der Waals surface area contributed by atoms with Crippen LogP contribution in [0.2, 0.25) is 0 Å². The highest BCUT2D eigenvalue weighted by atomic mass is 16.5. The minimum absolute atomic E-state index is 0.0823. The molecule has 0 bridgehead atoms. The summed E-state index contributed by atoms with van der Waals surface area (Å²) >= 11 is 0. The van der Waals surface area contributed by atoms with E-state index in [2.05, 4.69) is 15.1 Å². The van der Waals surface area contributed by atoms with Gasteiger partial charge in [0.2, 0.25) is 0 Å². The monoisotopic (exact) mass is 328 g/mol. The zero-order valence-corrected chi connectivity index (χ0v) is 14.8. The molecule has 6 nitrogen and oxygen atoms in total. The average molecular weight is 328 g/mol. The molecule has 24 heavy (non-hydrogen) atoms. The predicted octanol–water partition coefficient (Wildman–Crippen LogP) is 2.24. The third-order valence-corrected chi connectivity index (χ3v) is 3.91. The quantitative estimate of drug-likeness (QED) is 0.653. The summed E-state index contributed by atoms with van der Waals surface area (Å²) in [6.45, 7) is 3.96. The second-order valence-corrected chi connectivity index (χ2v) is 5.86. The second kappa shape index (κ2) is 7.68. The number of nitrogens with zero attached hydrogens (tertiary/aromatic N) is 3. The van der Waals surface area contributed by atoms with Crippen molar-refractivity contribution < 1.29 is 9.53 Å². The zero-order chi connectivity index (χ0) is 17.7. The van der Waals surface area contributed by atoms with Gasteiger partial charge in [-0.2, -0.15) is 5.10 Å². The van der Waals surface area contributed by atoms with Crippen molar-refractivity contribution in [3.05, 3.63) is 47.3 Å². The Morgan fingerprint density at radius 2 is 2.08 bits per heavy atom. The van der Waals surface area contributed by atoms with Gasteiger partial charge in [0.1, 0.15) is 5.75 Å². The average Bonchev–Trinajstić information content (AvgIpc) is 2.80. The molecular weight excluding hydrogens is 304 g/mol. The molecule has 0 unspecified atom stereocenters. The fourth-order valence-electron chi connectivity index (χ4n) is 2.22. The number of amides is 1. The maximum absolute atomic E-state index is 11.8. The van der Waals surface area contributed by atoms with Crippen molar-refractivity contribution in [1.82, 2.24) is 9.99 Å². The maximum atomic E-state index is 11.8. The Morgan fingerprint density at radius 1 is 1.33 bits per heavy atom. The van der Waals surface area contributed by atoms with E-state index in [1.54, 1.807) is 6.21 Å². The van der Waals surface area contributed by atoms with Gasteiger partial charge in [-0.15, -0.1) is 0 Å². The number of hydrazone groups is 1. The van der Waals surface area contributed by atoms with Crippen molar-refractivity contribution in [3.63, 3.8) is 0 Å². The third kappa shape index (κ3) is 4.38. The molecule has 0 spiro atoms. The summed E-state index contributed by atoms with van der Waals surface area (Å²) in [5, 5.41) is 3.99. The van der Waals surface area contributed by atoms with Gasteiger partial charge in [-0.25, -0.2) is 5.43 Å². The number of carbonyl (C=O) groups is 1. The number of rotatable bonds is 6. The molecule has 0 aliphatic rings. The van der Waals surface area contributed by atoms with E-state index in [0.717, 1.165) is 22.6 Å². The van der Waals surface area contributed by atoms with Gasteiger partial charge in [-0.3, -0.25) is 4.79 Å². The van der Waals surface area contributed by atoms with Gasteiger partial charge < -0.3 is 14.2 Å². The number of anilines is 1. The van der Waals surface area contributed by atoms with Crippen molar-refractivity contribution in [3.8, 4) is 5.75 Å². The molecule has 0 radical (unpaired) electrons. The van der Waals surface area contributed by atoms with E-state index < -0.39 is 0 Å². The molecule has 1 aromatic heterocycles. The van der Waals surface area contributed by atoms with Crippen LogP contribution < -0.4 is 15.1 Å². The van der Waals surface area contributed by atoms with Crippen LogP contribution in [0.15, 0.2) is 35.4 Å². The van der Waals surface area contributed by atoms with Crippen LogP contribution in [-0.2, 0) is 11.8 Å².